The molecule has 1 heterocycles. The summed E-state index contributed by atoms with van der Waals surface area (Å²) in [4.78, 5) is 27.9. The molecule has 5 nitrogen and oxygen atoms in total. The van der Waals surface area contributed by atoms with Crippen LogP contribution in [-0.4, -0.2) is 28.3 Å². The number of aromatic amines is 1. The number of hydrogen-bond donors (Lipinski definition) is 1. The topological polar surface area (TPSA) is 72.0 Å². The molecule has 0 fully saturated rings. The van der Waals surface area contributed by atoms with Crippen molar-refractivity contribution in [1.82, 2.24) is 9.97 Å². The largest absolute Gasteiger partial charge is 0.465 e. The van der Waals surface area contributed by atoms with E-state index in [-0.39, 0.29) is 11.7 Å². The predicted molar refractivity (Wildman–Crippen MR) is 56.8 cm³/mol. The maximum atomic E-state index is 11.1. The number of nitrogens with one attached hydrogen (secondary N) is 1. The lowest BCUT2D eigenvalue weighted by Crippen LogP contribution is -2.11. The average molecular weight is 228 g/mol. The van der Waals surface area contributed by atoms with Crippen molar-refractivity contribution in [2.75, 3.05) is 12.4 Å². The molecule has 1 N–H and O–H groups in total. The minimum atomic E-state index is -0.415. The Morgan fingerprint density at radius 3 is 3.13 bits per heavy atom. The SMILES string of the molecule is CCCOC(=O)CSc1ccnc(=O)[nH]1. The van der Waals surface area contributed by atoms with Gasteiger partial charge in [0.05, 0.1) is 17.4 Å². The first-order valence-electron chi connectivity index (χ1n) is 4.56. The molecule has 0 aliphatic rings. The molecule has 1 aromatic rings. The smallest absolute Gasteiger partial charge is 0.345 e. The standard InChI is InChI=1S/C9H12N2O3S/c1-2-5-14-8(12)6-15-7-3-4-10-9(13)11-7/h3-4H,2,5-6H2,1H3,(H,10,11,13). The summed E-state index contributed by atoms with van der Waals surface area (Å²) in [5, 5.41) is 0.614. The Hall–Kier alpha value is -1.30. The second-order valence-electron chi connectivity index (χ2n) is 2.75. The normalized spacial score (nSPS) is 9.93. The predicted octanol–water partition coefficient (Wildman–Crippen LogP) is 0.815. The molecule has 0 spiro atoms. The summed E-state index contributed by atoms with van der Waals surface area (Å²) in [7, 11) is 0. The van der Waals surface area contributed by atoms with Crippen LogP contribution in [0.3, 0.4) is 0 Å². The van der Waals surface area contributed by atoms with Gasteiger partial charge in [-0.2, -0.15) is 0 Å². The fraction of sp³-hybridized carbons (Fsp3) is 0.444. The van der Waals surface area contributed by atoms with Crippen molar-refractivity contribution in [1.29, 1.82) is 0 Å². The van der Waals surface area contributed by atoms with Crippen molar-refractivity contribution in [3.63, 3.8) is 0 Å². The zero-order valence-corrected chi connectivity index (χ0v) is 9.17. The first-order chi connectivity index (χ1) is 7.22. The number of ether oxygens (including phenoxy) is 1. The molecule has 0 saturated heterocycles. The molecule has 0 aliphatic heterocycles. The van der Waals surface area contributed by atoms with E-state index in [1.807, 2.05) is 6.92 Å². The van der Waals surface area contributed by atoms with Crippen LogP contribution in [0.2, 0.25) is 0 Å². The van der Waals surface area contributed by atoms with Crippen LogP contribution in [0.15, 0.2) is 22.1 Å². The second-order valence-corrected chi connectivity index (χ2v) is 3.77. The van der Waals surface area contributed by atoms with Gasteiger partial charge in [-0.05, 0) is 12.5 Å². The van der Waals surface area contributed by atoms with Crippen LogP contribution in [0.1, 0.15) is 13.3 Å². The minimum absolute atomic E-state index is 0.194. The molecule has 0 aromatic carbocycles. The Kier molecular flexibility index (Phi) is 4.89. The van der Waals surface area contributed by atoms with Gasteiger partial charge in [-0.3, -0.25) is 4.79 Å². The molecular formula is C9H12N2O3S. The average Bonchev–Trinajstić information content (AvgIpc) is 2.23. The Balaban J connectivity index is 2.37. The van der Waals surface area contributed by atoms with Crippen LogP contribution in [0.5, 0.6) is 0 Å². The Labute approximate surface area is 91.3 Å². The van der Waals surface area contributed by atoms with E-state index in [4.69, 9.17) is 4.74 Å². The molecule has 0 radical (unpaired) electrons. The lowest BCUT2D eigenvalue weighted by atomic mass is 10.5. The molecule has 0 amide bonds. The lowest BCUT2D eigenvalue weighted by Gasteiger charge is -2.02. The summed E-state index contributed by atoms with van der Waals surface area (Å²) in [5.74, 6) is -0.0838. The highest BCUT2D eigenvalue weighted by molar-refractivity contribution is 7.99. The van der Waals surface area contributed by atoms with E-state index in [2.05, 4.69) is 9.97 Å². The molecule has 1 rings (SSSR count). The molecule has 1 aromatic heterocycles. The number of H-pyrrole nitrogens is 1. The summed E-state index contributed by atoms with van der Waals surface area (Å²) < 4.78 is 4.88. The van der Waals surface area contributed by atoms with Crippen molar-refractivity contribution in [3.05, 3.63) is 22.7 Å². The number of carbonyl (C=O) groups excluding carboxylic acids is 1. The summed E-state index contributed by atoms with van der Waals surface area (Å²) >= 11 is 1.22. The van der Waals surface area contributed by atoms with Gasteiger partial charge < -0.3 is 9.72 Å². The number of aromatic nitrogens is 2. The molecule has 0 saturated carbocycles. The third-order valence-corrected chi connectivity index (χ3v) is 2.39. The highest BCUT2D eigenvalue weighted by Gasteiger charge is 2.03. The van der Waals surface area contributed by atoms with Gasteiger partial charge in [0.1, 0.15) is 0 Å². The molecule has 82 valence electrons. The van der Waals surface area contributed by atoms with Crippen LogP contribution in [0.4, 0.5) is 0 Å². The summed E-state index contributed by atoms with van der Waals surface area (Å²) in [6.45, 7) is 2.37. The lowest BCUT2D eigenvalue weighted by molar-refractivity contribution is -0.140. The zero-order valence-electron chi connectivity index (χ0n) is 8.36. The van der Waals surface area contributed by atoms with Crippen LogP contribution in [0.25, 0.3) is 0 Å². The zero-order chi connectivity index (χ0) is 11.1. The van der Waals surface area contributed by atoms with Crippen molar-refractivity contribution < 1.29 is 9.53 Å². The van der Waals surface area contributed by atoms with Crippen molar-refractivity contribution in [3.8, 4) is 0 Å². The highest BCUT2D eigenvalue weighted by atomic mass is 32.2. The van der Waals surface area contributed by atoms with Crippen molar-refractivity contribution in [2.24, 2.45) is 0 Å². The fourth-order valence-electron chi connectivity index (χ4n) is 0.830. The Morgan fingerprint density at radius 1 is 1.67 bits per heavy atom. The van der Waals surface area contributed by atoms with Crippen molar-refractivity contribution >= 4 is 17.7 Å². The molecule has 6 heteroatoms. The Morgan fingerprint density at radius 2 is 2.47 bits per heavy atom. The summed E-state index contributed by atoms with van der Waals surface area (Å²) in [6.07, 6.45) is 2.21. The minimum Gasteiger partial charge on any atom is -0.465 e. The van der Waals surface area contributed by atoms with Gasteiger partial charge in [0.2, 0.25) is 0 Å². The van der Waals surface area contributed by atoms with E-state index < -0.39 is 5.69 Å². The molecule has 0 unspecified atom stereocenters. The number of carbonyl (C=O) groups is 1. The summed E-state index contributed by atoms with van der Waals surface area (Å²) in [5.41, 5.74) is -0.415. The van der Waals surface area contributed by atoms with Gasteiger partial charge >= 0.3 is 11.7 Å². The fourth-order valence-corrected chi connectivity index (χ4v) is 1.50. The van der Waals surface area contributed by atoms with E-state index in [0.717, 1.165) is 6.42 Å². The molecular weight excluding hydrogens is 216 g/mol. The van der Waals surface area contributed by atoms with E-state index in [1.165, 1.54) is 18.0 Å². The highest BCUT2D eigenvalue weighted by Crippen LogP contribution is 2.12. The van der Waals surface area contributed by atoms with E-state index in [9.17, 15) is 9.59 Å². The van der Waals surface area contributed by atoms with Crippen LogP contribution in [0, 0.1) is 0 Å². The quantitative estimate of drug-likeness (QED) is 0.459. The maximum Gasteiger partial charge on any atom is 0.345 e. The molecule has 0 aliphatic carbocycles. The number of hydrogen-bond acceptors (Lipinski definition) is 5. The molecule has 0 atom stereocenters. The first-order valence-corrected chi connectivity index (χ1v) is 5.54. The van der Waals surface area contributed by atoms with Crippen LogP contribution >= 0.6 is 11.8 Å². The molecule has 0 bridgehead atoms. The third kappa shape index (κ3) is 4.64. The maximum absolute atomic E-state index is 11.1. The van der Waals surface area contributed by atoms with Crippen LogP contribution < -0.4 is 5.69 Å². The second kappa shape index (κ2) is 6.23. The van der Waals surface area contributed by atoms with Gasteiger partial charge in [-0.25, -0.2) is 9.78 Å². The number of thioether (sulfide) groups is 1. The van der Waals surface area contributed by atoms with E-state index >= 15 is 0 Å². The van der Waals surface area contributed by atoms with Crippen molar-refractivity contribution in [2.45, 2.75) is 18.4 Å². The van der Waals surface area contributed by atoms with Gasteiger partial charge in [0.15, 0.2) is 0 Å². The monoisotopic (exact) mass is 228 g/mol. The van der Waals surface area contributed by atoms with Crippen LogP contribution in [-0.2, 0) is 9.53 Å². The number of rotatable bonds is 5. The molecule has 15 heavy (non-hydrogen) atoms. The number of esters is 1. The van der Waals surface area contributed by atoms with E-state index in [1.54, 1.807) is 6.07 Å². The van der Waals surface area contributed by atoms with Gasteiger partial charge in [-0.1, -0.05) is 18.7 Å². The summed E-state index contributed by atoms with van der Waals surface area (Å²) in [6, 6.07) is 1.64. The third-order valence-electron chi connectivity index (χ3n) is 1.46. The Bertz CT molecular complexity index is 378. The van der Waals surface area contributed by atoms with Gasteiger partial charge in [0.25, 0.3) is 0 Å². The van der Waals surface area contributed by atoms with Gasteiger partial charge in [0, 0.05) is 6.20 Å². The first kappa shape index (κ1) is 11.8. The number of nitrogens with zero attached hydrogens (tertiary/aromatic N) is 1. The van der Waals surface area contributed by atoms with Gasteiger partial charge in [-0.15, -0.1) is 0 Å². The van der Waals surface area contributed by atoms with E-state index in [0.29, 0.717) is 11.6 Å².